The summed E-state index contributed by atoms with van der Waals surface area (Å²) in [4.78, 5) is 14.2. The van der Waals surface area contributed by atoms with Gasteiger partial charge in [0, 0.05) is 13.2 Å². The van der Waals surface area contributed by atoms with Gasteiger partial charge in [0.1, 0.15) is 16.8 Å². The number of carboxylic acids is 1. The molecule has 1 aromatic rings. The van der Waals surface area contributed by atoms with Gasteiger partial charge in [-0.1, -0.05) is 0 Å². The first-order valence-corrected chi connectivity index (χ1v) is 3.78. The Kier molecular flexibility index (Phi) is 2.28. The van der Waals surface area contributed by atoms with Gasteiger partial charge in [-0.2, -0.15) is 0 Å². The van der Waals surface area contributed by atoms with Gasteiger partial charge in [-0.25, -0.2) is 4.98 Å². The molecule has 0 aliphatic carbocycles. The highest BCUT2D eigenvalue weighted by atomic mass is 79.9. The first-order chi connectivity index (χ1) is 5.09. The van der Waals surface area contributed by atoms with Gasteiger partial charge in [0.25, 0.3) is 0 Å². The van der Waals surface area contributed by atoms with Gasteiger partial charge >= 0.3 is 5.97 Å². The number of hydrogen-bond acceptors (Lipinski definition) is 2. The van der Waals surface area contributed by atoms with Crippen molar-refractivity contribution in [1.29, 1.82) is 0 Å². The molecule has 0 radical (unpaired) electrons. The molecule has 0 bridgehead atoms. The maximum Gasteiger partial charge on any atom is 0.311 e. The van der Waals surface area contributed by atoms with Crippen molar-refractivity contribution in [1.82, 2.24) is 9.55 Å². The third-order valence-electron chi connectivity index (χ3n) is 1.25. The van der Waals surface area contributed by atoms with Crippen LogP contribution in [0.25, 0.3) is 0 Å². The second-order valence-electron chi connectivity index (χ2n) is 2.16. The van der Waals surface area contributed by atoms with Crippen molar-refractivity contribution in [3.63, 3.8) is 0 Å². The predicted octanol–water partition coefficient (Wildman–Crippen LogP) is 0.810. The van der Waals surface area contributed by atoms with Crippen molar-refractivity contribution in [3.05, 3.63) is 16.6 Å². The lowest BCUT2D eigenvalue weighted by atomic mass is 10.4. The van der Waals surface area contributed by atoms with Crippen LogP contribution >= 0.6 is 15.9 Å². The number of nitrogens with zero attached hydrogens (tertiary/aromatic N) is 2. The van der Waals surface area contributed by atoms with Crippen LogP contribution in [0.4, 0.5) is 0 Å². The second kappa shape index (κ2) is 3.04. The molecule has 60 valence electrons. The van der Waals surface area contributed by atoms with E-state index in [-0.39, 0.29) is 6.42 Å². The quantitative estimate of drug-likeness (QED) is 0.800. The number of halogens is 1. The van der Waals surface area contributed by atoms with Gasteiger partial charge in [0.2, 0.25) is 0 Å². The fourth-order valence-electron chi connectivity index (χ4n) is 0.765. The largest absolute Gasteiger partial charge is 0.481 e. The van der Waals surface area contributed by atoms with Gasteiger partial charge in [-0.15, -0.1) is 0 Å². The molecule has 0 atom stereocenters. The van der Waals surface area contributed by atoms with E-state index in [1.807, 2.05) is 0 Å². The average Bonchev–Trinajstić information content (AvgIpc) is 2.09. The summed E-state index contributed by atoms with van der Waals surface area (Å²) in [7, 11) is 1.76. The van der Waals surface area contributed by atoms with E-state index in [0.717, 1.165) is 0 Å². The normalized spacial score (nSPS) is 10.0. The summed E-state index contributed by atoms with van der Waals surface area (Å²) in [5, 5.41) is 8.43. The molecule has 0 aliphatic rings. The van der Waals surface area contributed by atoms with Crippen molar-refractivity contribution >= 4 is 21.9 Å². The van der Waals surface area contributed by atoms with Gasteiger partial charge in [-0.05, 0) is 15.9 Å². The van der Waals surface area contributed by atoms with Crippen molar-refractivity contribution < 1.29 is 9.90 Å². The van der Waals surface area contributed by atoms with E-state index in [1.165, 1.54) is 0 Å². The highest BCUT2D eigenvalue weighted by Crippen LogP contribution is 2.08. The Balaban J connectivity index is 2.85. The number of carboxylic acid groups (broad SMARTS) is 1. The van der Waals surface area contributed by atoms with E-state index in [4.69, 9.17) is 5.11 Å². The van der Waals surface area contributed by atoms with E-state index >= 15 is 0 Å². The van der Waals surface area contributed by atoms with Crippen LogP contribution in [0, 0.1) is 0 Å². The average molecular weight is 219 g/mol. The summed E-state index contributed by atoms with van der Waals surface area (Å²) in [6, 6.07) is 0. The van der Waals surface area contributed by atoms with Gasteiger partial charge in [0.15, 0.2) is 0 Å². The molecule has 0 aliphatic heterocycles. The summed E-state index contributed by atoms with van der Waals surface area (Å²) in [5.74, 6) is -0.324. The van der Waals surface area contributed by atoms with Crippen LogP contribution in [-0.2, 0) is 18.3 Å². The SMILES string of the molecule is Cn1cc(Br)nc1CC(=O)O. The summed E-state index contributed by atoms with van der Waals surface area (Å²) in [5.41, 5.74) is 0. The molecule has 0 saturated heterocycles. The highest BCUT2D eigenvalue weighted by molar-refractivity contribution is 9.10. The predicted molar refractivity (Wildman–Crippen MR) is 42.2 cm³/mol. The number of hydrogen-bond donors (Lipinski definition) is 1. The molecule has 1 aromatic heterocycles. The van der Waals surface area contributed by atoms with Gasteiger partial charge < -0.3 is 9.67 Å². The fraction of sp³-hybridized carbons (Fsp3) is 0.333. The van der Waals surface area contributed by atoms with Crippen molar-refractivity contribution in [2.45, 2.75) is 6.42 Å². The first-order valence-electron chi connectivity index (χ1n) is 2.99. The lowest BCUT2D eigenvalue weighted by Crippen LogP contribution is -2.05. The number of aryl methyl sites for hydroxylation is 1. The van der Waals surface area contributed by atoms with E-state index in [2.05, 4.69) is 20.9 Å². The zero-order chi connectivity index (χ0) is 8.43. The molecule has 1 heterocycles. The van der Waals surface area contributed by atoms with E-state index in [0.29, 0.717) is 10.4 Å². The smallest absolute Gasteiger partial charge is 0.311 e. The number of rotatable bonds is 2. The molecule has 1 N–H and O–H groups in total. The van der Waals surface area contributed by atoms with E-state index < -0.39 is 5.97 Å². The summed E-state index contributed by atoms with van der Waals surface area (Å²) >= 11 is 3.15. The number of aromatic nitrogens is 2. The van der Waals surface area contributed by atoms with Gasteiger partial charge in [-0.3, -0.25) is 4.79 Å². The van der Waals surface area contributed by atoms with Crippen LogP contribution in [0.15, 0.2) is 10.8 Å². The maximum absolute atomic E-state index is 10.3. The van der Waals surface area contributed by atoms with Crippen LogP contribution in [0.3, 0.4) is 0 Å². The fourth-order valence-corrected chi connectivity index (χ4v) is 1.28. The minimum absolute atomic E-state index is 0.0396. The zero-order valence-electron chi connectivity index (χ0n) is 5.91. The van der Waals surface area contributed by atoms with Crippen LogP contribution < -0.4 is 0 Å². The Bertz CT molecular complexity index is 282. The monoisotopic (exact) mass is 218 g/mol. The molecule has 0 aromatic carbocycles. The molecule has 11 heavy (non-hydrogen) atoms. The third kappa shape index (κ3) is 2.04. The van der Waals surface area contributed by atoms with Crippen LogP contribution in [0.2, 0.25) is 0 Å². The Labute approximate surface area is 72.0 Å². The minimum Gasteiger partial charge on any atom is -0.481 e. The van der Waals surface area contributed by atoms with Gasteiger partial charge in [0.05, 0.1) is 0 Å². The molecule has 0 fully saturated rings. The first kappa shape index (κ1) is 8.26. The number of carbonyl (C=O) groups is 1. The lowest BCUT2D eigenvalue weighted by Gasteiger charge is -1.94. The Morgan fingerprint density at radius 2 is 2.55 bits per heavy atom. The zero-order valence-corrected chi connectivity index (χ0v) is 7.50. The highest BCUT2D eigenvalue weighted by Gasteiger charge is 2.06. The van der Waals surface area contributed by atoms with Crippen LogP contribution in [0.1, 0.15) is 5.82 Å². The molecule has 0 amide bonds. The Hall–Kier alpha value is -0.840. The summed E-state index contributed by atoms with van der Waals surface area (Å²) in [6.45, 7) is 0. The molecule has 4 nitrogen and oxygen atoms in total. The van der Waals surface area contributed by atoms with Crippen molar-refractivity contribution in [3.8, 4) is 0 Å². The van der Waals surface area contributed by atoms with Crippen LogP contribution in [-0.4, -0.2) is 20.6 Å². The van der Waals surface area contributed by atoms with Crippen LogP contribution in [0.5, 0.6) is 0 Å². The number of aliphatic carboxylic acids is 1. The Morgan fingerprint density at radius 1 is 1.91 bits per heavy atom. The van der Waals surface area contributed by atoms with E-state index in [1.54, 1.807) is 17.8 Å². The molecular weight excluding hydrogens is 212 g/mol. The van der Waals surface area contributed by atoms with Crippen molar-refractivity contribution in [2.75, 3.05) is 0 Å². The molecule has 0 spiro atoms. The number of imidazole rings is 1. The van der Waals surface area contributed by atoms with E-state index in [9.17, 15) is 4.79 Å². The molecular formula is C6H7BrN2O2. The second-order valence-corrected chi connectivity index (χ2v) is 2.97. The standard InChI is InChI=1S/C6H7BrN2O2/c1-9-3-4(7)8-5(9)2-6(10)11/h3H,2H2,1H3,(H,10,11). The topological polar surface area (TPSA) is 55.1 Å². The molecule has 0 saturated carbocycles. The third-order valence-corrected chi connectivity index (χ3v) is 1.63. The molecule has 0 unspecified atom stereocenters. The lowest BCUT2D eigenvalue weighted by molar-refractivity contribution is -0.136. The molecule has 1 rings (SSSR count). The Morgan fingerprint density at radius 3 is 2.91 bits per heavy atom. The minimum atomic E-state index is -0.869. The summed E-state index contributed by atoms with van der Waals surface area (Å²) < 4.78 is 2.34. The molecule has 5 heteroatoms. The van der Waals surface area contributed by atoms with Crippen molar-refractivity contribution in [2.24, 2.45) is 7.05 Å². The summed E-state index contributed by atoms with van der Waals surface area (Å²) in [6.07, 6.45) is 1.68. The maximum atomic E-state index is 10.3.